The monoisotopic (exact) mass is 385 g/mol. The lowest BCUT2D eigenvalue weighted by Crippen LogP contribution is -2.37. The van der Waals surface area contributed by atoms with Crippen molar-refractivity contribution in [2.75, 3.05) is 35.8 Å². The van der Waals surface area contributed by atoms with E-state index in [4.69, 9.17) is 0 Å². The average molecular weight is 385 g/mol. The summed E-state index contributed by atoms with van der Waals surface area (Å²) in [6.07, 6.45) is 0.458. The lowest BCUT2D eigenvalue weighted by Gasteiger charge is -2.22. The van der Waals surface area contributed by atoms with E-state index in [2.05, 4.69) is 0 Å². The van der Waals surface area contributed by atoms with Crippen molar-refractivity contribution >= 4 is 27.3 Å². The Bertz CT molecular complexity index is 935. The minimum absolute atomic E-state index is 0.000334. The summed E-state index contributed by atoms with van der Waals surface area (Å²) in [5, 5.41) is 0. The van der Waals surface area contributed by atoms with Crippen LogP contribution in [-0.4, -0.2) is 40.5 Å². The number of fused-ring (bicyclic) bond motifs is 1. The van der Waals surface area contributed by atoms with Gasteiger partial charge in [0.15, 0.2) is 5.82 Å². The van der Waals surface area contributed by atoms with Gasteiger partial charge in [0.1, 0.15) is 17.3 Å². The minimum atomic E-state index is -4.25. The van der Waals surface area contributed by atoms with E-state index in [0.717, 1.165) is 26.8 Å². The van der Waals surface area contributed by atoms with Crippen LogP contribution < -0.4 is 8.61 Å². The van der Waals surface area contributed by atoms with Gasteiger partial charge in [-0.3, -0.25) is 0 Å². The minimum Gasteiger partial charge on any atom is -0.309 e. The Morgan fingerprint density at radius 2 is 1.73 bits per heavy atom. The van der Waals surface area contributed by atoms with Crippen LogP contribution in [0.4, 0.5) is 30.2 Å². The summed E-state index contributed by atoms with van der Waals surface area (Å²) in [5.41, 5.74) is -0.483. The summed E-state index contributed by atoms with van der Waals surface area (Å²) in [6.45, 7) is 0.633. The molecule has 2 aromatic carbocycles. The fourth-order valence-corrected chi connectivity index (χ4v) is 4.67. The second-order valence-corrected chi connectivity index (χ2v) is 7.91. The SMILES string of the molecule is CN(C)CCCN1c2c(F)cccc2N(c2ccc(F)cc2F)S1(=O)=O. The molecule has 0 aliphatic carbocycles. The number of nitrogens with zero attached hydrogens (tertiary/aromatic N) is 3. The van der Waals surface area contributed by atoms with E-state index in [0.29, 0.717) is 19.0 Å². The summed E-state index contributed by atoms with van der Waals surface area (Å²) >= 11 is 0. The van der Waals surface area contributed by atoms with Crippen molar-refractivity contribution < 1.29 is 21.6 Å². The number of benzene rings is 2. The first-order valence-corrected chi connectivity index (χ1v) is 9.34. The van der Waals surface area contributed by atoms with Gasteiger partial charge < -0.3 is 4.90 Å². The predicted octanol–water partition coefficient (Wildman–Crippen LogP) is 3.26. The maximum atomic E-state index is 14.4. The van der Waals surface area contributed by atoms with Crippen LogP contribution in [0.1, 0.15) is 6.42 Å². The van der Waals surface area contributed by atoms with Crippen molar-refractivity contribution in [1.29, 1.82) is 0 Å². The topological polar surface area (TPSA) is 43.9 Å². The summed E-state index contributed by atoms with van der Waals surface area (Å²) in [6, 6.07) is 6.48. The fourth-order valence-electron chi connectivity index (χ4n) is 2.91. The van der Waals surface area contributed by atoms with Gasteiger partial charge in [-0.25, -0.2) is 21.8 Å². The zero-order valence-corrected chi connectivity index (χ0v) is 15.1. The Morgan fingerprint density at radius 1 is 1.00 bits per heavy atom. The molecule has 0 amide bonds. The van der Waals surface area contributed by atoms with Crippen LogP contribution in [0.15, 0.2) is 36.4 Å². The Hall–Kier alpha value is -2.26. The van der Waals surface area contributed by atoms with Crippen LogP contribution in [0.5, 0.6) is 0 Å². The van der Waals surface area contributed by atoms with Gasteiger partial charge in [-0.15, -0.1) is 0 Å². The summed E-state index contributed by atoms with van der Waals surface area (Å²) < 4.78 is 69.6. The molecule has 0 atom stereocenters. The van der Waals surface area contributed by atoms with Crippen molar-refractivity contribution in [3.05, 3.63) is 53.8 Å². The molecule has 0 bridgehead atoms. The number of hydrogen-bond acceptors (Lipinski definition) is 3. The van der Waals surface area contributed by atoms with Gasteiger partial charge in [0, 0.05) is 12.6 Å². The lowest BCUT2D eigenvalue weighted by atomic mass is 10.2. The molecule has 0 unspecified atom stereocenters. The molecule has 1 aliphatic heterocycles. The smallest absolute Gasteiger partial charge is 0.309 e. The third-order valence-corrected chi connectivity index (χ3v) is 5.81. The van der Waals surface area contributed by atoms with Gasteiger partial charge >= 0.3 is 10.2 Å². The highest BCUT2D eigenvalue weighted by Crippen LogP contribution is 2.47. The van der Waals surface area contributed by atoms with E-state index >= 15 is 0 Å². The van der Waals surface area contributed by atoms with Crippen molar-refractivity contribution in [1.82, 2.24) is 4.90 Å². The molecule has 1 aliphatic rings. The molecular formula is C17H18F3N3O2S. The van der Waals surface area contributed by atoms with Crippen molar-refractivity contribution in [3.63, 3.8) is 0 Å². The first-order valence-electron chi connectivity index (χ1n) is 7.95. The number of halogens is 3. The molecule has 2 aromatic rings. The predicted molar refractivity (Wildman–Crippen MR) is 94.3 cm³/mol. The van der Waals surface area contributed by atoms with E-state index in [9.17, 15) is 21.6 Å². The summed E-state index contributed by atoms with van der Waals surface area (Å²) in [7, 11) is -0.569. The molecule has 0 aromatic heterocycles. The van der Waals surface area contributed by atoms with Crippen molar-refractivity contribution in [2.45, 2.75) is 6.42 Å². The van der Waals surface area contributed by atoms with E-state index in [1.807, 2.05) is 19.0 Å². The first kappa shape index (κ1) is 18.5. The van der Waals surface area contributed by atoms with Gasteiger partial charge in [-0.1, -0.05) is 6.07 Å². The van der Waals surface area contributed by atoms with Gasteiger partial charge in [0.25, 0.3) is 0 Å². The molecule has 140 valence electrons. The maximum absolute atomic E-state index is 14.4. The van der Waals surface area contributed by atoms with E-state index in [1.165, 1.54) is 12.1 Å². The Morgan fingerprint density at radius 3 is 2.38 bits per heavy atom. The van der Waals surface area contributed by atoms with E-state index < -0.39 is 27.7 Å². The molecule has 0 fully saturated rings. The Kier molecular flexibility index (Phi) is 4.85. The van der Waals surface area contributed by atoms with E-state index in [-0.39, 0.29) is 23.6 Å². The van der Waals surface area contributed by atoms with Crippen molar-refractivity contribution in [2.24, 2.45) is 0 Å². The molecule has 0 spiro atoms. The van der Waals surface area contributed by atoms with Crippen LogP contribution in [0, 0.1) is 17.5 Å². The summed E-state index contributed by atoms with van der Waals surface area (Å²) in [5.74, 6) is -2.59. The first-order chi connectivity index (χ1) is 12.2. The molecule has 5 nitrogen and oxygen atoms in total. The maximum Gasteiger partial charge on any atom is 0.331 e. The normalized spacial score (nSPS) is 15.6. The number of hydrogen-bond donors (Lipinski definition) is 0. The molecule has 0 radical (unpaired) electrons. The lowest BCUT2D eigenvalue weighted by molar-refractivity contribution is 0.403. The molecule has 26 heavy (non-hydrogen) atoms. The molecule has 0 saturated carbocycles. The fraction of sp³-hybridized carbons (Fsp3) is 0.294. The molecule has 9 heteroatoms. The highest BCUT2D eigenvalue weighted by Gasteiger charge is 2.43. The molecular weight excluding hydrogens is 367 g/mol. The third kappa shape index (κ3) is 3.12. The number of para-hydroxylation sites is 1. The van der Waals surface area contributed by atoms with Crippen molar-refractivity contribution in [3.8, 4) is 0 Å². The van der Waals surface area contributed by atoms with Crippen LogP contribution in [0.2, 0.25) is 0 Å². The van der Waals surface area contributed by atoms with Gasteiger partial charge in [0.2, 0.25) is 0 Å². The molecule has 0 N–H and O–H groups in total. The highest BCUT2D eigenvalue weighted by molar-refractivity contribution is 7.95. The van der Waals surface area contributed by atoms with Gasteiger partial charge in [-0.2, -0.15) is 8.42 Å². The molecule has 0 saturated heterocycles. The average Bonchev–Trinajstić information content (AvgIpc) is 2.76. The highest BCUT2D eigenvalue weighted by atomic mass is 32.2. The zero-order valence-electron chi connectivity index (χ0n) is 14.3. The van der Waals surface area contributed by atoms with Crippen LogP contribution in [0.3, 0.4) is 0 Å². The second-order valence-electron chi connectivity index (χ2n) is 6.20. The standard InChI is InChI=1S/C17H18F3N3O2S/c1-21(2)9-4-10-22-17-13(19)5-3-6-16(17)23(26(22,24)25)15-8-7-12(18)11-14(15)20/h3,5-8,11H,4,9-10H2,1-2H3. The molecule has 3 rings (SSSR count). The number of anilines is 3. The second kappa shape index (κ2) is 6.81. The van der Waals surface area contributed by atoms with Crippen LogP contribution in [0.25, 0.3) is 0 Å². The van der Waals surface area contributed by atoms with Gasteiger partial charge in [-0.05, 0) is 51.3 Å². The largest absolute Gasteiger partial charge is 0.331 e. The van der Waals surface area contributed by atoms with Crippen LogP contribution >= 0.6 is 0 Å². The van der Waals surface area contributed by atoms with E-state index in [1.54, 1.807) is 0 Å². The quantitative estimate of drug-likeness (QED) is 0.794. The zero-order chi connectivity index (χ0) is 19.1. The summed E-state index contributed by atoms with van der Waals surface area (Å²) in [4.78, 5) is 1.88. The van der Waals surface area contributed by atoms with Gasteiger partial charge in [0.05, 0.1) is 11.4 Å². The van der Waals surface area contributed by atoms with Crippen LogP contribution in [-0.2, 0) is 10.2 Å². The Balaban J connectivity index is 2.11. The Labute approximate surface area is 150 Å². The molecule has 1 heterocycles. The third-order valence-electron chi connectivity index (χ3n) is 4.04. The number of rotatable bonds is 5.